The van der Waals surface area contributed by atoms with Crippen molar-refractivity contribution in [3.05, 3.63) is 30.3 Å². The van der Waals surface area contributed by atoms with E-state index in [4.69, 9.17) is 0 Å². The number of halogens is 2. The Kier molecular flexibility index (Phi) is 3.19. The Morgan fingerprint density at radius 2 is 1.82 bits per heavy atom. The topological polar surface area (TPSA) is 9.23 Å². The van der Waals surface area contributed by atoms with E-state index in [1.807, 2.05) is 18.2 Å². The minimum Gasteiger partial charge on any atom is -0.366 e. The van der Waals surface area contributed by atoms with Crippen LogP contribution in [0.4, 0.5) is 8.78 Å². The second-order valence-electron chi connectivity index (χ2n) is 2.06. The molecule has 0 spiro atoms. The summed E-state index contributed by atoms with van der Waals surface area (Å²) in [7, 11) is -1.21. The SMILES string of the molecule is FC(F)O[SiH2]c1ccccc1. The van der Waals surface area contributed by atoms with E-state index in [9.17, 15) is 8.78 Å². The molecular weight excluding hydrogens is 166 g/mol. The van der Waals surface area contributed by atoms with Crippen LogP contribution in [0.25, 0.3) is 0 Å². The van der Waals surface area contributed by atoms with Gasteiger partial charge in [-0.1, -0.05) is 30.3 Å². The highest BCUT2D eigenvalue weighted by Gasteiger charge is 2.01. The minimum atomic E-state index is -2.62. The Hall–Kier alpha value is -0.743. The molecule has 0 saturated heterocycles. The zero-order valence-corrected chi connectivity index (χ0v) is 7.25. The summed E-state index contributed by atoms with van der Waals surface area (Å²) in [6, 6.07) is 9.08. The maximum Gasteiger partial charge on any atom is 0.336 e. The molecule has 0 bridgehead atoms. The van der Waals surface area contributed by atoms with Crippen molar-refractivity contribution in [1.29, 1.82) is 0 Å². The first-order valence-corrected chi connectivity index (χ1v) is 4.51. The molecule has 1 rings (SSSR count). The Morgan fingerprint density at radius 3 is 2.36 bits per heavy atom. The normalized spacial score (nSPS) is 11.5. The summed E-state index contributed by atoms with van der Waals surface area (Å²) in [4.78, 5) is 0. The molecule has 0 N–H and O–H groups in total. The van der Waals surface area contributed by atoms with Gasteiger partial charge < -0.3 is 4.43 Å². The van der Waals surface area contributed by atoms with Crippen LogP contribution in [0.3, 0.4) is 0 Å². The second kappa shape index (κ2) is 4.20. The van der Waals surface area contributed by atoms with Crippen LogP contribution in [0, 0.1) is 0 Å². The Balaban J connectivity index is 2.39. The molecule has 4 heteroatoms. The van der Waals surface area contributed by atoms with Crippen molar-refractivity contribution in [3.8, 4) is 0 Å². The quantitative estimate of drug-likeness (QED) is 0.611. The third-order valence-corrected chi connectivity index (χ3v) is 2.44. The number of benzene rings is 1. The molecule has 0 saturated carbocycles. The molecule has 0 aromatic heterocycles. The molecule has 0 heterocycles. The van der Waals surface area contributed by atoms with Gasteiger partial charge in [0.1, 0.15) is 0 Å². The summed E-state index contributed by atoms with van der Waals surface area (Å²) in [6.07, 6.45) is 0. The molecule has 1 nitrogen and oxygen atoms in total. The molecule has 0 aliphatic heterocycles. The number of alkyl halides is 2. The molecule has 0 unspecified atom stereocenters. The van der Waals surface area contributed by atoms with E-state index in [1.165, 1.54) is 0 Å². The molecule has 11 heavy (non-hydrogen) atoms. The van der Waals surface area contributed by atoms with Gasteiger partial charge in [-0.15, -0.1) is 0 Å². The summed E-state index contributed by atoms with van der Waals surface area (Å²) >= 11 is 0. The van der Waals surface area contributed by atoms with Gasteiger partial charge in [-0.05, 0) is 5.19 Å². The van der Waals surface area contributed by atoms with Gasteiger partial charge in [0, 0.05) is 0 Å². The lowest BCUT2D eigenvalue weighted by Gasteiger charge is -2.00. The van der Waals surface area contributed by atoms with Gasteiger partial charge in [-0.3, -0.25) is 0 Å². The van der Waals surface area contributed by atoms with Gasteiger partial charge in [0.2, 0.25) is 0 Å². The molecule has 0 atom stereocenters. The lowest BCUT2D eigenvalue weighted by Crippen LogP contribution is -2.19. The van der Waals surface area contributed by atoms with Crippen molar-refractivity contribution in [2.45, 2.75) is 6.61 Å². The zero-order valence-electron chi connectivity index (χ0n) is 5.84. The van der Waals surface area contributed by atoms with Crippen molar-refractivity contribution in [2.24, 2.45) is 0 Å². The first-order valence-electron chi connectivity index (χ1n) is 3.23. The van der Waals surface area contributed by atoms with Gasteiger partial charge in [0.25, 0.3) is 0 Å². The molecule has 0 radical (unpaired) electrons. The van der Waals surface area contributed by atoms with Crippen molar-refractivity contribution in [1.82, 2.24) is 0 Å². The van der Waals surface area contributed by atoms with E-state index >= 15 is 0 Å². The Bertz CT molecular complexity index is 203. The Labute approximate surface area is 65.9 Å². The standard InChI is InChI=1S/C7H8F2OSi/c8-7(9)10-11-6-4-2-1-3-5-6/h1-5,7H,11H2. The lowest BCUT2D eigenvalue weighted by atomic mass is 10.4. The van der Waals surface area contributed by atoms with Crippen LogP contribution in [0.2, 0.25) is 0 Å². The molecular formula is C7H8F2OSi. The van der Waals surface area contributed by atoms with Crippen LogP contribution in [-0.4, -0.2) is 16.4 Å². The molecule has 0 amide bonds. The highest BCUT2D eigenvalue weighted by molar-refractivity contribution is 6.46. The highest BCUT2D eigenvalue weighted by Crippen LogP contribution is 1.92. The van der Waals surface area contributed by atoms with Crippen molar-refractivity contribution in [3.63, 3.8) is 0 Å². The van der Waals surface area contributed by atoms with Crippen LogP contribution in [0.15, 0.2) is 30.3 Å². The predicted octanol–water partition coefficient (Wildman–Crippen LogP) is 0.635. The third kappa shape index (κ3) is 3.24. The second-order valence-corrected chi connectivity index (χ2v) is 3.50. The van der Waals surface area contributed by atoms with Crippen LogP contribution >= 0.6 is 0 Å². The minimum absolute atomic E-state index is 0.896. The van der Waals surface area contributed by atoms with Gasteiger partial charge in [0.05, 0.1) is 0 Å². The lowest BCUT2D eigenvalue weighted by molar-refractivity contribution is -0.0470. The smallest absolute Gasteiger partial charge is 0.336 e. The van der Waals surface area contributed by atoms with E-state index in [2.05, 4.69) is 4.43 Å². The van der Waals surface area contributed by atoms with Crippen LogP contribution in [0.5, 0.6) is 0 Å². The van der Waals surface area contributed by atoms with Gasteiger partial charge in [-0.2, -0.15) is 8.78 Å². The van der Waals surface area contributed by atoms with Crippen LogP contribution in [0.1, 0.15) is 0 Å². The molecule has 0 aliphatic carbocycles. The van der Waals surface area contributed by atoms with E-state index in [0.717, 1.165) is 5.19 Å². The average Bonchev–Trinajstić information content (AvgIpc) is 2.03. The van der Waals surface area contributed by atoms with Gasteiger partial charge >= 0.3 is 6.61 Å². The van der Waals surface area contributed by atoms with E-state index in [1.54, 1.807) is 12.1 Å². The van der Waals surface area contributed by atoms with Gasteiger partial charge in [0.15, 0.2) is 9.76 Å². The summed E-state index contributed by atoms with van der Waals surface area (Å²) in [5, 5.41) is 0.896. The first-order chi connectivity index (χ1) is 5.29. The Morgan fingerprint density at radius 1 is 1.18 bits per heavy atom. The highest BCUT2D eigenvalue weighted by atomic mass is 28.2. The summed E-state index contributed by atoms with van der Waals surface area (Å²) in [5.74, 6) is 0. The number of hydrogen-bond donors (Lipinski definition) is 0. The van der Waals surface area contributed by atoms with E-state index < -0.39 is 16.4 Å². The third-order valence-electron chi connectivity index (χ3n) is 1.22. The molecule has 1 aromatic carbocycles. The fourth-order valence-corrected chi connectivity index (χ4v) is 1.52. The van der Waals surface area contributed by atoms with Crippen molar-refractivity contribution in [2.75, 3.05) is 0 Å². The van der Waals surface area contributed by atoms with Gasteiger partial charge in [-0.25, -0.2) is 0 Å². The van der Waals surface area contributed by atoms with Crippen molar-refractivity contribution < 1.29 is 13.2 Å². The maximum absolute atomic E-state index is 11.5. The molecule has 60 valence electrons. The molecule has 1 aromatic rings. The first kappa shape index (κ1) is 8.35. The zero-order chi connectivity index (χ0) is 8.10. The summed E-state index contributed by atoms with van der Waals surface area (Å²) in [5.41, 5.74) is 0. The van der Waals surface area contributed by atoms with E-state index in [0.29, 0.717) is 0 Å². The van der Waals surface area contributed by atoms with Crippen molar-refractivity contribution >= 4 is 14.9 Å². The molecule has 0 fully saturated rings. The monoisotopic (exact) mass is 174 g/mol. The average molecular weight is 174 g/mol. The largest absolute Gasteiger partial charge is 0.366 e. The number of rotatable bonds is 3. The predicted molar refractivity (Wildman–Crippen MR) is 41.7 cm³/mol. The van der Waals surface area contributed by atoms with E-state index in [-0.39, 0.29) is 0 Å². The molecule has 0 aliphatic rings. The fraction of sp³-hybridized carbons (Fsp3) is 0.143. The summed E-state index contributed by atoms with van der Waals surface area (Å²) < 4.78 is 27.3. The van der Waals surface area contributed by atoms with Crippen LogP contribution < -0.4 is 5.19 Å². The van der Waals surface area contributed by atoms with Crippen LogP contribution in [-0.2, 0) is 4.43 Å². The number of hydrogen-bond acceptors (Lipinski definition) is 1. The fourth-order valence-electron chi connectivity index (χ4n) is 0.733. The maximum atomic E-state index is 11.5. The summed E-state index contributed by atoms with van der Waals surface area (Å²) in [6.45, 7) is -2.62.